The Kier molecular flexibility index (Phi) is 4.38. The van der Waals surface area contributed by atoms with Crippen LogP contribution in [-0.4, -0.2) is 36.9 Å². The molecule has 0 bridgehead atoms. The van der Waals surface area contributed by atoms with Crippen molar-refractivity contribution in [3.63, 3.8) is 0 Å². The molecule has 0 N–H and O–H groups in total. The lowest BCUT2D eigenvalue weighted by atomic mass is 10.2. The number of aromatic nitrogens is 1. The molecule has 6 heteroatoms. The Morgan fingerprint density at radius 3 is 2.50 bits per heavy atom. The zero-order valence-electron chi connectivity index (χ0n) is 14.5. The van der Waals surface area contributed by atoms with Crippen LogP contribution in [0.1, 0.15) is 12.5 Å². The Morgan fingerprint density at radius 1 is 1.04 bits per heavy atom. The van der Waals surface area contributed by atoms with E-state index in [2.05, 4.69) is 4.98 Å². The van der Waals surface area contributed by atoms with Crippen LogP contribution in [0.4, 0.5) is 0 Å². The largest absolute Gasteiger partial charge is 0.472 e. The van der Waals surface area contributed by atoms with E-state index in [9.17, 15) is 8.42 Å². The lowest BCUT2D eigenvalue weighted by Crippen LogP contribution is -2.56. The number of para-hydroxylation sites is 1. The first-order chi connectivity index (χ1) is 12.6. The van der Waals surface area contributed by atoms with Crippen LogP contribution in [0.3, 0.4) is 0 Å². The lowest BCUT2D eigenvalue weighted by molar-refractivity contribution is 0.0724. The molecule has 134 valence electrons. The number of pyridine rings is 1. The van der Waals surface area contributed by atoms with Gasteiger partial charge in [0.15, 0.2) is 0 Å². The number of nitrogens with zero attached hydrogens (tertiary/aromatic N) is 2. The molecule has 0 unspecified atom stereocenters. The summed E-state index contributed by atoms with van der Waals surface area (Å²) in [7, 11) is -3.45. The molecule has 1 aliphatic heterocycles. The number of benzene rings is 2. The van der Waals surface area contributed by atoms with E-state index in [1.54, 1.807) is 12.1 Å². The topological polar surface area (TPSA) is 59.5 Å². The number of fused-ring (bicyclic) bond motifs is 1. The molecule has 1 fully saturated rings. The molecule has 0 radical (unpaired) electrons. The first-order valence-corrected chi connectivity index (χ1v) is 10.1. The molecule has 26 heavy (non-hydrogen) atoms. The Hall–Kier alpha value is -2.44. The van der Waals surface area contributed by atoms with Gasteiger partial charge in [0.05, 0.1) is 23.5 Å². The van der Waals surface area contributed by atoms with Crippen molar-refractivity contribution in [3.8, 4) is 5.88 Å². The molecule has 5 nitrogen and oxygen atoms in total. The summed E-state index contributed by atoms with van der Waals surface area (Å²) in [6, 6.07) is 18.7. The maximum Gasteiger partial charge on any atom is 0.243 e. The highest BCUT2D eigenvalue weighted by molar-refractivity contribution is 7.89. The molecule has 0 atom stereocenters. The van der Waals surface area contributed by atoms with Crippen molar-refractivity contribution in [2.75, 3.05) is 13.1 Å². The molecule has 2 aromatic carbocycles. The smallest absolute Gasteiger partial charge is 0.243 e. The highest BCUT2D eigenvalue weighted by Gasteiger charge is 2.38. The van der Waals surface area contributed by atoms with Gasteiger partial charge >= 0.3 is 0 Å². The van der Waals surface area contributed by atoms with Crippen molar-refractivity contribution in [1.29, 1.82) is 0 Å². The zero-order valence-corrected chi connectivity index (χ0v) is 15.3. The molecule has 0 spiro atoms. The van der Waals surface area contributed by atoms with Crippen LogP contribution in [0, 0.1) is 0 Å². The third-order valence-electron chi connectivity index (χ3n) is 4.64. The number of sulfonamides is 1. The van der Waals surface area contributed by atoms with Gasteiger partial charge in [0.1, 0.15) is 6.10 Å². The monoisotopic (exact) mass is 368 g/mol. The molecule has 2 heterocycles. The number of ether oxygens (including phenoxy) is 1. The Morgan fingerprint density at radius 2 is 1.77 bits per heavy atom. The van der Waals surface area contributed by atoms with E-state index < -0.39 is 10.0 Å². The highest BCUT2D eigenvalue weighted by Crippen LogP contribution is 2.25. The number of hydrogen-bond donors (Lipinski definition) is 0. The quantitative estimate of drug-likeness (QED) is 0.694. The van der Waals surface area contributed by atoms with Gasteiger partial charge in [-0.05, 0) is 36.2 Å². The van der Waals surface area contributed by atoms with Crippen LogP contribution in [0.5, 0.6) is 5.88 Å². The van der Waals surface area contributed by atoms with E-state index in [0.717, 1.165) is 22.9 Å². The normalized spacial score (nSPS) is 15.7. The minimum Gasteiger partial charge on any atom is -0.472 e. The predicted octanol–water partition coefficient (Wildman–Crippen LogP) is 3.25. The number of rotatable bonds is 5. The highest BCUT2D eigenvalue weighted by atomic mass is 32.2. The Bertz CT molecular complexity index is 1030. The Balaban J connectivity index is 1.42. The molecule has 1 saturated heterocycles. The van der Waals surface area contributed by atoms with Crippen molar-refractivity contribution in [1.82, 2.24) is 9.29 Å². The molecule has 0 amide bonds. The lowest BCUT2D eigenvalue weighted by Gasteiger charge is -2.37. The van der Waals surface area contributed by atoms with Gasteiger partial charge in [-0.15, -0.1) is 0 Å². The minimum absolute atomic E-state index is 0.173. The van der Waals surface area contributed by atoms with Gasteiger partial charge in [-0.1, -0.05) is 37.3 Å². The fraction of sp³-hybridized carbons (Fsp3) is 0.250. The van der Waals surface area contributed by atoms with E-state index in [-0.39, 0.29) is 6.10 Å². The maximum atomic E-state index is 12.6. The van der Waals surface area contributed by atoms with Gasteiger partial charge < -0.3 is 4.74 Å². The average molecular weight is 368 g/mol. The van der Waals surface area contributed by atoms with E-state index >= 15 is 0 Å². The molecular formula is C20H20N2O3S. The van der Waals surface area contributed by atoms with Gasteiger partial charge in [0.25, 0.3) is 0 Å². The summed E-state index contributed by atoms with van der Waals surface area (Å²) in [5.41, 5.74) is 1.99. The van der Waals surface area contributed by atoms with Gasteiger partial charge in [-0.3, -0.25) is 0 Å². The van der Waals surface area contributed by atoms with Gasteiger partial charge in [0, 0.05) is 11.5 Å². The molecule has 1 aromatic heterocycles. The maximum absolute atomic E-state index is 12.6. The van der Waals surface area contributed by atoms with Gasteiger partial charge in [-0.25, -0.2) is 13.4 Å². The summed E-state index contributed by atoms with van der Waals surface area (Å²) in [5.74, 6) is 0.526. The SMILES string of the molecule is CCc1ccc(S(=O)(=O)N2CC(Oc3ccc4ccccc4n3)C2)cc1. The first kappa shape index (κ1) is 17.0. The van der Waals surface area contributed by atoms with Crippen LogP contribution in [0.2, 0.25) is 0 Å². The van der Waals surface area contributed by atoms with Crippen LogP contribution >= 0.6 is 0 Å². The molecule has 4 rings (SSSR count). The Labute approximate surface area is 153 Å². The van der Waals surface area contributed by atoms with Gasteiger partial charge in [0.2, 0.25) is 15.9 Å². The van der Waals surface area contributed by atoms with Crippen LogP contribution in [-0.2, 0) is 16.4 Å². The summed E-state index contributed by atoms with van der Waals surface area (Å²) in [6.45, 7) is 2.72. The first-order valence-electron chi connectivity index (χ1n) is 8.68. The second-order valence-corrected chi connectivity index (χ2v) is 8.34. The third-order valence-corrected chi connectivity index (χ3v) is 6.49. The molecule has 3 aromatic rings. The van der Waals surface area contributed by atoms with E-state index in [1.807, 2.05) is 55.5 Å². The summed E-state index contributed by atoms with van der Waals surface area (Å²) >= 11 is 0. The summed E-state index contributed by atoms with van der Waals surface area (Å²) in [6.07, 6.45) is 0.715. The summed E-state index contributed by atoms with van der Waals surface area (Å²) in [4.78, 5) is 4.80. The van der Waals surface area contributed by atoms with Crippen molar-refractivity contribution in [3.05, 3.63) is 66.2 Å². The second kappa shape index (κ2) is 6.70. The predicted molar refractivity (Wildman–Crippen MR) is 101 cm³/mol. The van der Waals surface area contributed by atoms with Crippen molar-refractivity contribution < 1.29 is 13.2 Å². The molecular weight excluding hydrogens is 348 g/mol. The molecule has 1 aliphatic rings. The zero-order chi connectivity index (χ0) is 18.1. The minimum atomic E-state index is -3.45. The second-order valence-electron chi connectivity index (χ2n) is 6.40. The average Bonchev–Trinajstić information content (AvgIpc) is 2.64. The third kappa shape index (κ3) is 3.18. The summed E-state index contributed by atoms with van der Waals surface area (Å²) < 4.78 is 32.6. The van der Waals surface area contributed by atoms with Crippen molar-refractivity contribution >= 4 is 20.9 Å². The summed E-state index contributed by atoms with van der Waals surface area (Å²) in [5, 5.41) is 1.05. The van der Waals surface area contributed by atoms with Crippen molar-refractivity contribution in [2.45, 2.75) is 24.3 Å². The number of hydrogen-bond acceptors (Lipinski definition) is 4. The number of aryl methyl sites for hydroxylation is 1. The fourth-order valence-corrected chi connectivity index (χ4v) is 4.50. The molecule has 0 saturated carbocycles. The van der Waals surface area contributed by atoms with E-state index in [0.29, 0.717) is 23.9 Å². The fourth-order valence-electron chi connectivity index (χ4n) is 3.00. The van der Waals surface area contributed by atoms with E-state index in [4.69, 9.17) is 4.74 Å². The van der Waals surface area contributed by atoms with Crippen molar-refractivity contribution in [2.24, 2.45) is 0 Å². The van der Waals surface area contributed by atoms with Crippen LogP contribution < -0.4 is 4.74 Å². The standard InChI is InChI=1S/C20H20N2O3S/c1-2-15-7-10-18(11-8-15)26(23,24)22-13-17(14-22)25-20-12-9-16-5-3-4-6-19(16)21-20/h3-12,17H,2,13-14H2,1H3. The van der Waals surface area contributed by atoms with Crippen LogP contribution in [0.15, 0.2) is 65.6 Å². The van der Waals surface area contributed by atoms with Gasteiger partial charge in [-0.2, -0.15) is 4.31 Å². The molecule has 0 aliphatic carbocycles. The van der Waals surface area contributed by atoms with Crippen LogP contribution in [0.25, 0.3) is 10.9 Å². The van der Waals surface area contributed by atoms with E-state index in [1.165, 1.54) is 4.31 Å².